The Balaban J connectivity index is 1.50. The fourth-order valence-electron chi connectivity index (χ4n) is 3.00. The van der Waals surface area contributed by atoms with E-state index < -0.39 is 0 Å². The lowest BCUT2D eigenvalue weighted by molar-refractivity contribution is -0.121. The van der Waals surface area contributed by atoms with Gasteiger partial charge in [-0.3, -0.25) is 9.59 Å². The highest BCUT2D eigenvalue weighted by Gasteiger charge is 2.30. The molecule has 1 aliphatic rings. The van der Waals surface area contributed by atoms with Gasteiger partial charge in [0, 0.05) is 31.1 Å². The van der Waals surface area contributed by atoms with Crippen LogP contribution in [-0.2, 0) is 16.0 Å². The van der Waals surface area contributed by atoms with E-state index in [0.29, 0.717) is 19.5 Å². The van der Waals surface area contributed by atoms with Crippen LogP contribution in [0.15, 0.2) is 48.5 Å². The Labute approximate surface area is 146 Å². The van der Waals surface area contributed by atoms with Gasteiger partial charge >= 0.3 is 0 Å². The van der Waals surface area contributed by atoms with Gasteiger partial charge in [-0.25, -0.2) is 4.39 Å². The molecule has 1 aliphatic heterocycles. The molecule has 0 aromatic heterocycles. The maximum absolute atomic E-state index is 12.9. The Morgan fingerprint density at radius 2 is 1.84 bits per heavy atom. The van der Waals surface area contributed by atoms with E-state index in [2.05, 4.69) is 5.32 Å². The van der Waals surface area contributed by atoms with Crippen molar-refractivity contribution in [3.8, 4) is 0 Å². The lowest BCUT2D eigenvalue weighted by Gasteiger charge is -2.17. The fraction of sp³-hybridized carbons (Fsp3) is 0.300. The molecule has 25 heavy (non-hydrogen) atoms. The molecule has 1 unspecified atom stereocenters. The molecule has 2 amide bonds. The van der Waals surface area contributed by atoms with E-state index in [0.717, 1.165) is 16.8 Å². The van der Waals surface area contributed by atoms with Crippen LogP contribution in [0.5, 0.6) is 0 Å². The zero-order chi connectivity index (χ0) is 17.8. The number of benzene rings is 2. The number of nitrogens with zero attached hydrogens (tertiary/aromatic N) is 1. The predicted octanol–water partition coefficient (Wildman–Crippen LogP) is 2.85. The van der Waals surface area contributed by atoms with Gasteiger partial charge in [-0.1, -0.05) is 29.8 Å². The Kier molecular flexibility index (Phi) is 5.12. The van der Waals surface area contributed by atoms with Crippen LogP contribution in [0.25, 0.3) is 0 Å². The topological polar surface area (TPSA) is 49.4 Å². The largest absolute Gasteiger partial charge is 0.355 e. The molecule has 1 saturated heterocycles. The predicted molar refractivity (Wildman–Crippen MR) is 94.8 cm³/mol. The normalized spacial score (nSPS) is 17.0. The van der Waals surface area contributed by atoms with Gasteiger partial charge in [0.2, 0.25) is 11.8 Å². The molecular formula is C20H21FN2O2. The van der Waals surface area contributed by atoms with Gasteiger partial charge in [-0.15, -0.1) is 0 Å². The van der Waals surface area contributed by atoms with E-state index in [9.17, 15) is 14.0 Å². The molecule has 5 heteroatoms. The molecular weight excluding hydrogens is 319 g/mol. The smallest absolute Gasteiger partial charge is 0.227 e. The lowest BCUT2D eigenvalue weighted by atomic mass is 10.1. The lowest BCUT2D eigenvalue weighted by Crippen LogP contribution is -2.32. The van der Waals surface area contributed by atoms with Crippen molar-refractivity contribution in [2.45, 2.75) is 19.8 Å². The monoisotopic (exact) mass is 340 g/mol. The number of carbonyl (C=O) groups is 2. The number of anilines is 1. The van der Waals surface area contributed by atoms with Crippen LogP contribution < -0.4 is 10.2 Å². The molecule has 0 radical (unpaired) electrons. The van der Waals surface area contributed by atoms with E-state index in [1.807, 2.05) is 31.2 Å². The zero-order valence-corrected chi connectivity index (χ0v) is 14.2. The Morgan fingerprint density at radius 3 is 2.52 bits per heavy atom. The van der Waals surface area contributed by atoms with Crippen molar-refractivity contribution in [1.82, 2.24) is 5.32 Å². The van der Waals surface area contributed by atoms with E-state index >= 15 is 0 Å². The minimum atomic E-state index is -0.315. The maximum atomic E-state index is 12.9. The number of carbonyl (C=O) groups excluding carboxylic acids is 2. The third kappa shape index (κ3) is 4.44. The standard InChI is InChI=1S/C20H21FN2O2/c1-14-2-8-18(9-3-14)23-13-16(11-20(23)25)12-22-19(24)10-15-4-6-17(21)7-5-15/h2-9,16H,10-13H2,1H3,(H,22,24). The van der Waals surface area contributed by atoms with Gasteiger partial charge < -0.3 is 10.2 Å². The van der Waals surface area contributed by atoms with Crippen molar-refractivity contribution in [3.05, 3.63) is 65.5 Å². The molecule has 0 bridgehead atoms. The zero-order valence-electron chi connectivity index (χ0n) is 14.2. The number of rotatable bonds is 5. The van der Waals surface area contributed by atoms with Crippen LogP contribution in [0, 0.1) is 18.7 Å². The molecule has 130 valence electrons. The Bertz CT molecular complexity index is 756. The summed E-state index contributed by atoms with van der Waals surface area (Å²) in [6.45, 7) is 3.09. The second-order valence-corrected chi connectivity index (χ2v) is 6.52. The van der Waals surface area contributed by atoms with Crippen LogP contribution in [-0.4, -0.2) is 24.9 Å². The van der Waals surface area contributed by atoms with Crippen molar-refractivity contribution >= 4 is 17.5 Å². The van der Waals surface area contributed by atoms with E-state index in [4.69, 9.17) is 0 Å². The summed E-state index contributed by atoms with van der Waals surface area (Å²) in [5.74, 6) is -0.245. The first-order valence-corrected chi connectivity index (χ1v) is 8.39. The van der Waals surface area contributed by atoms with Gasteiger partial charge in [0.1, 0.15) is 5.82 Å². The van der Waals surface area contributed by atoms with Gasteiger partial charge in [-0.05, 0) is 36.8 Å². The van der Waals surface area contributed by atoms with E-state index in [-0.39, 0.29) is 30.0 Å². The molecule has 1 atom stereocenters. The minimum absolute atomic E-state index is 0.0848. The molecule has 0 saturated carbocycles. The summed E-state index contributed by atoms with van der Waals surface area (Å²) < 4.78 is 12.9. The SMILES string of the molecule is Cc1ccc(N2CC(CNC(=O)Cc3ccc(F)cc3)CC2=O)cc1. The van der Waals surface area contributed by atoms with Gasteiger partial charge in [0.15, 0.2) is 0 Å². The fourth-order valence-corrected chi connectivity index (χ4v) is 3.00. The van der Waals surface area contributed by atoms with E-state index in [1.54, 1.807) is 17.0 Å². The van der Waals surface area contributed by atoms with Crippen molar-refractivity contribution in [3.63, 3.8) is 0 Å². The van der Waals surface area contributed by atoms with Crippen molar-refractivity contribution in [1.29, 1.82) is 0 Å². The number of amides is 2. The first kappa shape index (κ1) is 17.1. The highest BCUT2D eigenvalue weighted by molar-refractivity contribution is 5.95. The number of aryl methyl sites for hydroxylation is 1. The highest BCUT2D eigenvalue weighted by Crippen LogP contribution is 2.25. The third-order valence-electron chi connectivity index (χ3n) is 4.42. The van der Waals surface area contributed by atoms with Crippen molar-refractivity contribution < 1.29 is 14.0 Å². The average molecular weight is 340 g/mol. The number of hydrogen-bond acceptors (Lipinski definition) is 2. The van der Waals surface area contributed by atoms with Gasteiger partial charge in [0.05, 0.1) is 6.42 Å². The summed E-state index contributed by atoms with van der Waals surface area (Å²) in [6, 6.07) is 13.8. The second-order valence-electron chi connectivity index (χ2n) is 6.52. The van der Waals surface area contributed by atoms with Crippen LogP contribution in [0.2, 0.25) is 0 Å². The second kappa shape index (κ2) is 7.47. The number of halogens is 1. The first-order chi connectivity index (χ1) is 12.0. The summed E-state index contributed by atoms with van der Waals surface area (Å²) in [7, 11) is 0. The number of hydrogen-bond donors (Lipinski definition) is 1. The highest BCUT2D eigenvalue weighted by atomic mass is 19.1. The maximum Gasteiger partial charge on any atom is 0.227 e. The molecule has 2 aromatic carbocycles. The third-order valence-corrected chi connectivity index (χ3v) is 4.42. The molecule has 4 nitrogen and oxygen atoms in total. The van der Waals surface area contributed by atoms with Crippen molar-refractivity contribution in [2.24, 2.45) is 5.92 Å². The molecule has 1 N–H and O–H groups in total. The molecule has 1 heterocycles. The van der Waals surface area contributed by atoms with E-state index in [1.165, 1.54) is 12.1 Å². The Hall–Kier alpha value is -2.69. The molecule has 0 spiro atoms. The average Bonchev–Trinajstić information content (AvgIpc) is 2.97. The summed E-state index contributed by atoms with van der Waals surface area (Å²) in [5.41, 5.74) is 2.82. The minimum Gasteiger partial charge on any atom is -0.355 e. The molecule has 1 fully saturated rings. The van der Waals surface area contributed by atoms with Gasteiger partial charge in [-0.2, -0.15) is 0 Å². The summed E-state index contributed by atoms with van der Waals surface area (Å²) in [4.78, 5) is 26.0. The van der Waals surface area contributed by atoms with Crippen LogP contribution in [0.4, 0.5) is 10.1 Å². The summed E-state index contributed by atoms with van der Waals surface area (Å²) >= 11 is 0. The molecule has 0 aliphatic carbocycles. The van der Waals surface area contributed by atoms with Crippen molar-refractivity contribution in [2.75, 3.05) is 18.0 Å². The quantitative estimate of drug-likeness (QED) is 0.910. The first-order valence-electron chi connectivity index (χ1n) is 8.39. The Morgan fingerprint density at radius 1 is 1.16 bits per heavy atom. The summed E-state index contributed by atoms with van der Waals surface area (Å²) in [6.07, 6.45) is 0.646. The van der Waals surface area contributed by atoms with Crippen LogP contribution in [0.3, 0.4) is 0 Å². The van der Waals surface area contributed by atoms with Crippen LogP contribution >= 0.6 is 0 Å². The molecule has 2 aromatic rings. The summed E-state index contributed by atoms with van der Waals surface area (Å²) in [5, 5.41) is 2.88. The van der Waals surface area contributed by atoms with Gasteiger partial charge in [0.25, 0.3) is 0 Å². The number of nitrogens with one attached hydrogen (secondary N) is 1. The van der Waals surface area contributed by atoms with Crippen LogP contribution in [0.1, 0.15) is 17.5 Å². The molecule has 3 rings (SSSR count).